The molecule has 27 heavy (non-hydrogen) atoms. The topological polar surface area (TPSA) is 60.7 Å². The Morgan fingerprint density at radius 3 is 1.74 bits per heavy atom. The largest absolute Gasteiger partial charge is 0.507 e. The monoisotopic (exact) mass is 354 g/mol. The summed E-state index contributed by atoms with van der Waals surface area (Å²) in [5, 5.41) is 31.2. The van der Waals surface area contributed by atoms with Crippen molar-refractivity contribution in [3.05, 3.63) is 91.0 Å². The van der Waals surface area contributed by atoms with E-state index in [1.165, 1.54) is 12.1 Å². The maximum absolute atomic E-state index is 10.9. The van der Waals surface area contributed by atoms with Crippen LogP contribution in [0.3, 0.4) is 0 Å². The number of phenols is 3. The van der Waals surface area contributed by atoms with Crippen molar-refractivity contribution in [2.45, 2.75) is 0 Å². The maximum Gasteiger partial charge on any atom is 0.131 e. The molecule has 0 atom stereocenters. The molecule has 0 saturated carbocycles. The van der Waals surface area contributed by atoms with Crippen molar-refractivity contribution >= 4 is 0 Å². The Bertz CT molecular complexity index is 1080. The lowest BCUT2D eigenvalue weighted by Gasteiger charge is -2.13. The Morgan fingerprint density at radius 2 is 1.00 bits per heavy atom. The van der Waals surface area contributed by atoms with E-state index in [0.717, 1.165) is 16.7 Å². The molecule has 0 radical (unpaired) electrons. The van der Waals surface area contributed by atoms with Gasteiger partial charge in [0.15, 0.2) is 0 Å². The van der Waals surface area contributed by atoms with Gasteiger partial charge in [0.2, 0.25) is 0 Å². The number of aromatic hydroxyl groups is 3. The first-order valence-electron chi connectivity index (χ1n) is 8.64. The smallest absolute Gasteiger partial charge is 0.131 e. The van der Waals surface area contributed by atoms with Gasteiger partial charge in [-0.2, -0.15) is 0 Å². The summed E-state index contributed by atoms with van der Waals surface area (Å²) in [6.07, 6.45) is 0. The van der Waals surface area contributed by atoms with E-state index in [9.17, 15) is 15.3 Å². The molecule has 3 heteroatoms. The second-order valence-corrected chi connectivity index (χ2v) is 6.32. The van der Waals surface area contributed by atoms with E-state index in [0.29, 0.717) is 11.1 Å². The molecule has 3 nitrogen and oxygen atoms in total. The van der Waals surface area contributed by atoms with Crippen molar-refractivity contribution in [3.63, 3.8) is 0 Å². The van der Waals surface area contributed by atoms with Crippen LogP contribution in [0.5, 0.6) is 17.2 Å². The molecule has 0 amide bonds. The number of benzene rings is 4. The molecule has 3 N–H and O–H groups in total. The molecule has 0 saturated heterocycles. The zero-order chi connectivity index (χ0) is 18.8. The van der Waals surface area contributed by atoms with Crippen LogP contribution in [0.2, 0.25) is 0 Å². The third-order valence-electron chi connectivity index (χ3n) is 4.61. The quantitative estimate of drug-likeness (QED) is 0.435. The van der Waals surface area contributed by atoms with Gasteiger partial charge in [-0.15, -0.1) is 0 Å². The summed E-state index contributed by atoms with van der Waals surface area (Å²) in [7, 11) is 0. The molecule has 0 aliphatic heterocycles. The standard InChI is InChI=1S/C24H18O3/c25-21-13-6-14-22(26)23(21)20-12-5-11-19(24(20)27)18-10-4-9-17(15-18)16-7-2-1-3-8-16/h1-15,25-27H. The lowest BCUT2D eigenvalue weighted by molar-refractivity contribution is 0.450. The van der Waals surface area contributed by atoms with Gasteiger partial charge in [0.1, 0.15) is 17.2 Å². The Kier molecular flexibility index (Phi) is 4.27. The minimum Gasteiger partial charge on any atom is -0.507 e. The molecule has 0 bridgehead atoms. The summed E-state index contributed by atoms with van der Waals surface area (Å²) >= 11 is 0. The molecule has 0 aromatic heterocycles. The van der Waals surface area contributed by atoms with Gasteiger partial charge < -0.3 is 15.3 Å². The van der Waals surface area contributed by atoms with E-state index in [1.807, 2.05) is 60.7 Å². The first kappa shape index (κ1) is 16.7. The number of rotatable bonds is 3. The van der Waals surface area contributed by atoms with Gasteiger partial charge in [-0.05, 0) is 34.9 Å². The Morgan fingerprint density at radius 1 is 0.444 bits per heavy atom. The summed E-state index contributed by atoms with van der Waals surface area (Å²) in [5.41, 5.74) is 4.22. The number of hydrogen-bond acceptors (Lipinski definition) is 3. The fraction of sp³-hybridized carbons (Fsp3) is 0. The highest BCUT2D eigenvalue weighted by Crippen LogP contribution is 2.45. The van der Waals surface area contributed by atoms with Crippen LogP contribution in [0.25, 0.3) is 33.4 Å². The van der Waals surface area contributed by atoms with Crippen molar-refractivity contribution in [3.8, 4) is 50.6 Å². The second kappa shape index (κ2) is 6.89. The first-order chi connectivity index (χ1) is 13.1. The van der Waals surface area contributed by atoms with Crippen LogP contribution in [0, 0.1) is 0 Å². The van der Waals surface area contributed by atoms with Crippen LogP contribution in [0.1, 0.15) is 0 Å². The molecule has 0 aliphatic carbocycles. The van der Waals surface area contributed by atoms with Crippen molar-refractivity contribution in [1.82, 2.24) is 0 Å². The second-order valence-electron chi connectivity index (χ2n) is 6.32. The molecular weight excluding hydrogens is 336 g/mol. The molecule has 0 heterocycles. The predicted molar refractivity (Wildman–Crippen MR) is 108 cm³/mol. The molecule has 0 aliphatic rings. The zero-order valence-electron chi connectivity index (χ0n) is 14.5. The molecule has 0 spiro atoms. The van der Waals surface area contributed by atoms with Gasteiger partial charge in [0.25, 0.3) is 0 Å². The Hall–Kier alpha value is -3.72. The summed E-state index contributed by atoms with van der Waals surface area (Å²) in [5.74, 6) is -0.152. The normalized spacial score (nSPS) is 10.7. The minimum absolute atomic E-state index is 0.0134. The van der Waals surface area contributed by atoms with Crippen LogP contribution in [-0.4, -0.2) is 15.3 Å². The van der Waals surface area contributed by atoms with E-state index in [4.69, 9.17) is 0 Å². The van der Waals surface area contributed by atoms with Gasteiger partial charge in [0, 0.05) is 11.1 Å². The third-order valence-corrected chi connectivity index (χ3v) is 4.61. The number of para-hydroxylation sites is 1. The summed E-state index contributed by atoms with van der Waals surface area (Å²) < 4.78 is 0. The van der Waals surface area contributed by atoms with E-state index in [1.54, 1.807) is 18.2 Å². The summed E-state index contributed by atoms with van der Waals surface area (Å²) in [6.45, 7) is 0. The molecular formula is C24H18O3. The van der Waals surface area contributed by atoms with Crippen LogP contribution < -0.4 is 0 Å². The number of phenolic OH excluding ortho intramolecular Hbond substituents is 3. The first-order valence-corrected chi connectivity index (χ1v) is 8.64. The molecule has 4 aromatic rings. The van der Waals surface area contributed by atoms with Crippen molar-refractivity contribution in [2.75, 3.05) is 0 Å². The van der Waals surface area contributed by atoms with Gasteiger partial charge in [-0.1, -0.05) is 72.8 Å². The van der Waals surface area contributed by atoms with Gasteiger partial charge in [-0.3, -0.25) is 0 Å². The van der Waals surface area contributed by atoms with Crippen LogP contribution >= 0.6 is 0 Å². The third kappa shape index (κ3) is 3.11. The van der Waals surface area contributed by atoms with E-state index >= 15 is 0 Å². The lowest BCUT2D eigenvalue weighted by Crippen LogP contribution is -1.86. The summed E-state index contributed by atoms with van der Waals surface area (Å²) in [6, 6.07) is 27.7. The van der Waals surface area contributed by atoms with E-state index in [-0.39, 0.29) is 22.8 Å². The van der Waals surface area contributed by atoms with Crippen LogP contribution in [0.15, 0.2) is 91.0 Å². The van der Waals surface area contributed by atoms with Gasteiger partial charge in [-0.25, -0.2) is 0 Å². The molecule has 4 aromatic carbocycles. The van der Waals surface area contributed by atoms with Crippen LogP contribution in [0.4, 0.5) is 0 Å². The fourth-order valence-corrected chi connectivity index (χ4v) is 3.28. The Balaban J connectivity index is 1.85. The predicted octanol–water partition coefficient (Wildman–Crippen LogP) is 5.80. The Labute approximate surface area is 157 Å². The van der Waals surface area contributed by atoms with Crippen LogP contribution in [-0.2, 0) is 0 Å². The maximum atomic E-state index is 10.9. The highest BCUT2D eigenvalue weighted by molar-refractivity contribution is 5.87. The highest BCUT2D eigenvalue weighted by Gasteiger charge is 2.17. The van der Waals surface area contributed by atoms with E-state index in [2.05, 4.69) is 0 Å². The lowest BCUT2D eigenvalue weighted by atomic mass is 9.94. The molecule has 0 unspecified atom stereocenters. The van der Waals surface area contributed by atoms with Crippen molar-refractivity contribution in [1.29, 1.82) is 0 Å². The minimum atomic E-state index is -0.0829. The molecule has 0 fully saturated rings. The van der Waals surface area contributed by atoms with Gasteiger partial charge in [0.05, 0.1) is 5.56 Å². The average Bonchev–Trinajstić information content (AvgIpc) is 2.70. The molecule has 4 rings (SSSR count). The summed E-state index contributed by atoms with van der Waals surface area (Å²) in [4.78, 5) is 0. The highest BCUT2D eigenvalue weighted by atomic mass is 16.3. The number of hydrogen-bond donors (Lipinski definition) is 3. The van der Waals surface area contributed by atoms with Crippen molar-refractivity contribution in [2.24, 2.45) is 0 Å². The fourth-order valence-electron chi connectivity index (χ4n) is 3.28. The zero-order valence-corrected chi connectivity index (χ0v) is 14.5. The average molecular weight is 354 g/mol. The SMILES string of the molecule is Oc1cccc(O)c1-c1cccc(-c2cccc(-c3ccccc3)c2)c1O. The van der Waals surface area contributed by atoms with Crippen molar-refractivity contribution < 1.29 is 15.3 Å². The van der Waals surface area contributed by atoms with Gasteiger partial charge >= 0.3 is 0 Å². The molecule has 132 valence electrons. The van der Waals surface area contributed by atoms with E-state index < -0.39 is 0 Å².